The molecule has 4 aliphatic rings. The van der Waals surface area contributed by atoms with E-state index in [1.807, 2.05) is 25.1 Å². The number of allylic oxidation sites excluding steroid dienone is 1. The number of carbonyl (C=O) groups is 1. The van der Waals surface area contributed by atoms with Crippen LogP contribution in [0.4, 0.5) is 0 Å². The minimum absolute atomic E-state index is 0.119. The molecule has 8 nitrogen and oxygen atoms in total. The molecular formula is C26H27BrN2O6. The van der Waals surface area contributed by atoms with E-state index in [2.05, 4.69) is 25.7 Å². The summed E-state index contributed by atoms with van der Waals surface area (Å²) in [6.07, 6.45) is 1.77. The molecule has 4 aliphatic heterocycles. The summed E-state index contributed by atoms with van der Waals surface area (Å²) in [6.45, 7) is 9.11. The van der Waals surface area contributed by atoms with Gasteiger partial charge in [-0.25, -0.2) is 0 Å². The second kappa shape index (κ2) is 9.55. The maximum absolute atomic E-state index is 13.4. The smallest absolute Gasteiger partial charge is 0.232 e. The fraction of sp³-hybridized carbons (Fsp3) is 0.423. The average Bonchev–Trinajstić information content (AvgIpc) is 3.20. The predicted octanol–water partition coefficient (Wildman–Crippen LogP) is 3.72. The van der Waals surface area contributed by atoms with E-state index in [1.165, 1.54) is 0 Å². The largest absolute Gasteiger partial charge is 0.478 e. The number of rotatable bonds is 4. The summed E-state index contributed by atoms with van der Waals surface area (Å²) in [5, 5.41) is 0. The lowest BCUT2D eigenvalue weighted by Gasteiger charge is -2.33. The molecule has 0 atom stereocenters. The van der Waals surface area contributed by atoms with Gasteiger partial charge in [0.2, 0.25) is 5.78 Å². The highest BCUT2D eigenvalue weighted by Crippen LogP contribution is 2.44. The quantitative estimate of drug-likeness (QED) is 0.541. The third kappa shape index (κ3) is 4.47. The number of hydrogen-bond donors (Lipinski definition) is 0. The highest BCUT2D eigenvalue weighted by Gasteiger charge is 2.36. The Labute approximate surface area is 212 Å². The molecule has 0 amide bonds. The highest BCUT2D eigenvalue weighted by atomic mass is 79.9. The van der Waals surface area contributed by atoms with Crippen molar-refractivity contribution < 1.29 is 28.5 Å². The number of ketones is 1. The number of benzene rings is 2. The van der Waals surface area contributed by atoms with Gasteiger partial charge in [-0.15, -0.1) is 0 Å². The van der Waals surface area contributed by atoms with Crippen LogP contribution in [0, 0.1) is 6.92 Å². The predicted molar refractivity (Wildman–Crippen MR) is 132 cm³/mol. The summed E-state index contributed by atoms with van der Waals surface area (Å²) in [5.41, 5.74) is 4.11. The molecule has 9 heteroatoms. The Bertz CT molecular complexity index is 1210. The summed E-state index contributed by atoms with van der Waals surface area (Å²) < 4.78 is 29.8. The number of nitrogens with zero attached hydrogens (tertiary/aromatic N) is 2. The van der Waals surface area contributed by atoms with Crippen molar-refractivity contribution in [2.24, 2.45) is 0 Å². The van der Waals surface area contributed by atoms with Gasteiger partial charge in [-0.2, -0.15) is 0 Å². The van der Waals surface area contributed by atoms with Gasteiger partial charge < -0.3 is 23.7 Å². The molecule has 1 fully saturated rings. The first-order valence-electron chi connectivity index (χ1n) is 11.9. The number of fused-ring (bicyclic) bond motifs is 4. The zero-order chi connectivity index (χ0) is 23.9. The Balaban J connectivity index is 1.27. The van der Waals surface area contributed by atoms with Gasteiger partial charge in [0.1, 0.15) is 24.0 Å². The Morgan fingerprint density at radius 3 is 2.71 bits per heavy atom. The van der Waals surface area contributed by atoms with E-state index in [9.17, 15) is 4.79 Å². The Morgan fingerprint density at radius 2 is 1.86 bits per heavy atom. The minimum atomic E-state index is -0.119. The van der Waals surface area contributed by atoms with Crippen LogP contribution >= 0.6 is 15.9 Å². The third-order valence-electron chi connectivity index (χ3n) is 6.81. The van der Waals surface area contributed by atoms with E-state index in [0.29, 0.717) is 31.2 Å². The van der Waals surface area contributed by atoms with Crippen LogP contribution in [-0.4, -0.2) is 68.5 Å². The van der Waals surface area contributed by atoms with Crippen LogP contribution in [0.5, 0.6) is 17.2 Å². The lowest BCUT2D eigenvalue weighted by molar-refractivity contribution is -0.0165. The molecule has 0 unspecified atom stereocenters. The van der Waals surface area contributed by atoms with Crippen LogP contribution in [0.15, 0.2) is 28.4 Å². The van der Waals surface area contributed by atoms with E-state index in [-0.39, 0.29) is 18.3 Å². The van der Waals surface area contributed by atoms with Gasteiger partial charge in [-0.3, -0.25) is 14.6 Å². The molecule has 0 spiro atoms. The molecule has 6 rings (SSSR count). The Kier molecular flexibility index (Phi) is 6.28. The lowest BCUT2D eigenvalue weighted by Crippen LogP contribution is -2.43. The normalized spacial score (nSPS) is 21.1. The van der Waals surface area contributed by atoms with Crippen molar-refractivity contribution in [3.8, 4) is 17.2 Å². The molecule has 0 radical (unpaired) electrons. The molecule has 0 N–H and O–H groups in total. The number of Topliss-reactive ketones (excluding diaryl/α,β-unsaturated/α-hetero) is 1. The van der Waals surface area contributed by atoms with Gasteiger partial charge in [0, 0.05) is 48.3 Å². The van der Waals surface area contributed by atoms with Crippen LogP contribution < -0.4 is 14.2 Å². The van der Waals surface area contributed by atoms with Crippen molar-refractivity contribution in [2.75, 3.05) is 52.9 Å². The summed E-state index contributed by atoms with van der Waals surface area (Å²) >= 11 is 3.55. The summed E-state index contributed by atoms with van der Waals surface area (Å²) in [7, 11) is 0. The monoisotopic (exact) mass is 542 g/mol. The van der Waals surface area contributed by atoms with Crippen LogP contribution in [0.3, 0.4) is 0 Å². The first-order chi connectivity index (χ1) is 17.1. The van der Waals surface area contributed by atoms with Crippen molar-refractivity contribution in [2.45, 2.75) is 20.1 Å². The van der Waals surface area contributed by atoms with Crippen molar-refractivity contribution in [3.05, 3.63) is 56.2 Å². The van der Waals surface area contributed by atoms with Gasteiger partial charge in [0.25, 0.3) is 0 Å². The van der Waals surface area contributed by atoms with Gasteiger partial charge in [-0.1, -0.05) is 15.9 Å². The fourth-order valence-corrected chi connectivity index (χ4v) is 5.51. The molecule has 0 aliphatic carbocycles. The van der Waals surface area contributed by atoms with Crippen molar-refractivity contribution in [1.82, 2.24) is 9.80 Å². The number of morpholine rings is 1. The number of hydrogen-bond acceptors (Lipinski definition) is 8. The molecule has 0 saturated carbocycles. The number of ether oxygens (including phenoxy) is 5. The maximum atomic E-state index is 13.4. The molecule has 4 heterocycles. The fourth-order valence-electron chi connectivity index (χ4n) is 4.98. The van der Waals surface area contributed by atoms with Gasteiger partial charge in [-0.05, 0) is 36.8 Å². The minimum Gasteiger partial charge on any atom is -0.478 e. The van der Waals surface area contributed by atoms with Crippen molar-refractivity contribution >= 4 is 27.8 Å². The van der Waals surface area contributed by atoms with E-state index < -0.39 is 0 Å². The van der Waals surface area contributed by atoms with Crippen LogP contribution in [0.1, 0.15) is 32.6 Å². The Hall–Kier alpha value is -2.43. The highest BCUT2D eigenvalue weighted by molar-refractivity contribution is 9.10. The molecule has 1 saturated heterocycles. The van der Waals surface area contributed by atoms with Crippen LogP contribution in [0.2, 0.25) is 0 Å². The Morgan fingerprint density at radius 1 is 1.03 bits per heavy atom. The summed E-state index contributed by atoms with van der Waals surface area (Å²) in [5.74, 6) is 2.29. The van der Waals surface area contributed by atoms with Gasteiger partial charge >= 0.3 is 0 Å². The van der Waals surface area contributed by atoms with Gasteiger partial charge in [0.15, 0.2) is 12.6 Å². The molecular weight excluding hydrogens is 516 g/mol. The van der Waals surface area contributed by atoms with E-state index >= 15 is 0 Å². The zero-order valence-corrected chi connectivity index (χ0v) is 21.2. The van der Waals surface area contributed by atoms with Gasteiger partial charge in [0.05, 0.1) is 30.9 Å². The lowest BCUT2D eigenvalue weighted by atomic mass is 9.98. The standard InChI is InChI=1S/C26H27BrN2O6/c1-16-8-21-20(12-29(14-33-21)3-2-28-4-6-31-7-5-28)26-23(16)24(30)22(35-26)11-17-9-19(27)10-18-13-32-15-34-25(17)18/h8-11H,2-7,12-15H2,1H3/b22-11-. The summed E-state index contributed by atoms with van der Waals surface area (Å²) in [4.78, 5) is 18.1. The number of carbonyl (C=O) groups excluding carboxylic acids is 1. The van der Waals surface area contributed by atoms with E-state index in [1.54, 1.807) is 6.08 Å². The molecule has 2 aromatic carbocycles. The van der Waals surface area contributed by atoms with Crippen LogP contribution in [0.25, 0.3) is 6.08 Å². The van der Waals surface area contributed by atoms with Crippen molar-refractivity contribution in [1.29, 1.82) is 0 Å². The van der Waals surface area contributed by atoms with E-state index in [0.717, 1.165) is 77.6 Å². The molecule has 35 heavy (non-hydrogen) atoms. The average molecular weight is 543 g/mol. The molecule has 184 valence electrons. The maximum Gasteiger partial charge on any atom is 0.232 e. The second-order valence-corrected chi connectivity index (χ2v) is 10.1. The first kappa shape index (κ1) is 23.0. The summed E-state index contributed by atoms with van der Waals surface area (Å²) in [6, 6.07) is 5.85. The zero-order valence-electron chi connectivity index (χ0n) is 19.6. The van der Waals surface area contributed by atoms with Crippen LogP contribution in [-0.2, 0) is 22.6 Å². The topological polar surface area (TPSA) is 69.7 Å². The number of halogens is 1. The SMILES string of the molecule is Cc1cc2c(c3c1C(=O)/C(=C/c1cc(Br)cc4c1OCOC4)O3)CN(CCN1CCOCC1)CO2. The molecule has 2 aromatic rings. The van der Waals surface area contributed by atoms with Crippen molar-refractivity contribution in [3.63, 3.8) is 0 Å². The molecule has 0 aromatic heterocycles. The second-order valence-electron chi connectivity index (χ2n) is 9.19. The number of aryl methyl sites for hydroxylation is 1. The van der Waals surface area contributed by atoms with E-state index in [4.69, 9.17) is 23.7 Å². The first-order valence-corrected chi connectivity index (χ1v) is 12.6. The third-order valence-corrected chi connectivity index (χ3v) is 7.27. The molecule has 0 bridgehead atoms.